The SMILES string of the molecule is CCC(CC)(c1ccc(O)c(C)c1)c1cccs1. The fourth-order valence-corrected chi connectivity index (χ4v) is 3.75. The van der Waals surface area contributed by atoms with Crippen LogP contribution in [0.25, 0.3) is 0 Å². The van der Waals surface area contributed by atoms with E-state index in [9.17, 15) is 5.11 Å². The Kier molecular flexibility index (Phi) is 3.76. The van der Waals surface area contributed by atoms with Gasteiger partial charge in [0.25, 0.3) is 0 Å². The molecule has 0 amide bonds. The summed E-state index contributed by atoms with van der Waals surface area (Å²) in [5, 5.41) is 11.8. The Morgan fingerprint density at radius 2 is 1.89 bits per heavy atom. The molecule has 1 heterocycles. The van der Waals surface area contributed by atoms with E-state index in [4.69, 9.17) is 0 Å². The molecule has 0 aliphatic heterocycles. The fraction of sp³-hybridized carbons (Fsp3) is 0.375. The van der Waals surface area contributed by atoms with Crippen LogP contribution in [0, 0.1) is 6.92 Å². The normalized spacial score (nSPS) is 11.7. The number of phenols is 1. The lowest BCUT2D eigenvalue weighted by Crippen LogP contribution is -2.24. The molecular weight excluding hydrogens is 240 g/mol. The molecule has 0 aliphatic carbocycles. The number of thiophene rings is 1. The van der Waals surface area contributed by atoms with Gasteiger partial charge in [-0.2, -0.15) is 0 Å². The molecule has 0 radical (unpaired) electrons. The van der Waals surface area contributed by atoms with Crippen molar-refractivity contribution >= 4 is 11.3 Å². The van der Waals surface area contributed by atoms with Crippen molar-refractivity contribution in [3.05, 3.63) is 51.7 Å². The third kappa shape index (κ3) is 2.05. The molecule has 96 valence electrons. The molecule has 1 N–H and O–H groups in total. The maximum absolute atomic E-state index is 9.69. The summed E-state index contributed by atoms with van der Waals surface area (Å²) in [6, 6.07) is 10.3. The molecule has 0 bridgehead atoms. The van der Waals surface area contributed by atoms with Gasteiger partial charge in [-0.3, -0.25) is 0 Å². The summed E-state index contributed by atoms with van der Waals surface area (Å²) in [6.45, 7) is 6.44. The van der Waals surface area contributed by atoms with Gasteiger partial charge in [0, 0.05) is 10.3 Å². The maximum atomic E-state index is 9.69. The third-order valence-electron chi connectivity index (χ3n) is 3.95. The lowest BCUT2D eigenvalue weighted by atomic mass is 9.74. The summed E-state index contributed by atoms with van der Waals surface area (Å²) in [7, 11) is 0. The number of benzene rings is 1. The molecule has 18 heavy (non-hydrogen) atoms. The van der Waals surface area contributed by atoms with Crippen molar-refractivity contribution in [2.24, 2.45) is 0 Å². The zero-order valence-electron chi connectivity index (χ0n) is 11.2. The van der Waals surface area contributed by atoms with Gasteiger partial charge in [-0.15, -0.1) is 11.3 Å². The summed E-state index contributed by atoms with van der Waals surface area (Å²) < 4.78 is 0. The lowest BCUT2D eigenvalue weighted by molar-refractivity contribution is 0.464. The van der Waals surface area contributed by atoms with Crippen LogP contribution >= 0.6 is 11.3 Å². The maximum Gasteiger partial charge on any atom is 0.118 e. The minimum Gasteiger partial charge on any atom is -0.508 e. The van der Waals surface area contributed by atoms with Crippen molar-refractivity contribution in [3.63, 3.8) is 0 Å². The number of aromatic hydroxyl groups is 1. The molecule has 2 rings (SSSR count). The summed E-state index contributed by atoms with van der Waals surface area (Å²) in [4.78, 5) is 1.41. The van der Waals surface area contributed by atoms with Crippen LogP contribution in [0.4, 0.5) is 0 Å². The first-order valence-corrected chi connectivity index (χ1v) is 7.36. The Balaban J connectivity index is 2.57. The van der Waals surface area contributed by atoms with Crippen molar-refractivity contribution in [1.29, 1.82) is 0 Å². The van der Waals surface area contributed by atoms with Gasteiger partial charge in [0.2, 0.25) is 0 Å². The molecule has 0 aliphatic rings. The molecule has 2 heteroatoms. The molecule has 0 spiro atoms. The number of phenolic OH excluding ortho intramolecular Hbond substituents is 1. The van der Waals surface area contributed by atoms with E-state index in [0.717, 1.165) is 18.4 Å². The van der Waals surface area contributed by atoms with Crippen LogP contribution in [-0.2, 0) is 5.41 Å². The van der Waals surface area contributed by atoms with Gasteiger partial charge in [0.05, 0.1) is 0 Å². The third-order valence-corrected chi connectivity index (χ3v) is 5.02. The topological polar surface area (TPSA) is 20.2 Å². The zero-order chi connectivity index (χ0) is 13.2. The number of rotatable bonds is 4. The molecule has 2 aromatic rings. The van der Waals surface area contributed by atoms with Crippen molar-refractivity contribution in [2.75, 3.05) is 0 Å². The average molecular weight is 260 g/mol. The first kappa shape index (κ1) is 13.2. The van der Waals surface area contributed by atoms with Crippen LogP contribution in [0.1, 0.15) is 42.7 Å². The summed E-state index contributed by atoms with van der Waals surface area (Å²) in [6.07, 6.45) is 2.16. The van der Waals surface area contributed by atoms with Crippen molar-refractivity contribution in [2.45, 2.75) is 39.0 Å². The molecule has 0 saturated carbocycles. The predicted octanol–water partition coefficient (Wildman–Crippen LogP) is 4.87. The van der Waals surface area contributed by atoms with Crippen LogP contribution in [0.15, 0.2) is 35.7 Å². The zero-order valence-corrected chi connectivity index (χ0v) is 12.1. The number of hydrogen-bond donors (Lipinski definition) is 1. The molecule has 1 nitrogen and oxygen atoms in total. The van der Waals surface area contributed by atoms with Gasteiger partial charge in [0.1, 0.15) is 5.75 Å². The minimum absolute atomic E-state index is 0.0899. The summed E-state index contributed by atoms with van der Waals surface area (Å²) >= 11 is 1.82. The minimum atomic E-state index is 0.0899. The molecule has 1 aromatic carbocycles. The first-order chi connectivity index (χ1) is 8.64. The highest BCUT2D eigenvalue weighted by molar-refractivity contribution is 7.10. The fourth-order valence-electron chi connectivity index (χ4n) is 2.65. The van der Waals surface area contributed by atoms with Crippen molar-refractivity contribution < 1.29 is 5.11 Å². The molecule has 1 aromatic heterocycles. The van der Waals surface area contributed by atoms with E-state index in [1.165, 1.54) is 10.4 Å². The van der Waals surface area contributed by atoms with E-state index in [-0.39, 0.29) is 5.41 Å². The summed E-state index contributed by atoms with van der Waals surface area (Å²) in [5.74, 6) is 0.381. The Morgan fingerprint density at radius 3 is 2.39 bits per heavy atom. The Bertz CT molecular complexity index is 510. The van der Waals surface area contributed by atoms with Crippen LogP contribution in [-0.4, -0.2) is 5.11 Å². The largest absolute Gasteiger partial charge is 0.508 e. The van der Waals surface area contributed by atoms with Gasteiger partial charge in [-0.1, -0.05) is 32.0 Å². The molecular formula is C16H20OS. The van der Waals surface area contributed by atoms with Gasteiger partial charge in [-0.25, -0.2) is 0 Å². The van der Waals surface area contributed by atoms with Crippen LogP contribution in [0.5, 0.6) is 5.75 Å². The highest BCUT2D eigenvalue weighted by atomic mass is 32.1. The second-order valence-electron chi connectivity index (χ2n) is 4.77. The molecule has 0 atom stereocenters. The molecule has 0 unspecified atom stereocenters. The molecule has 0 fully saturated rings. The highest BCUT2D eigenvalue weighted by Crippen LogP contribution is 2.42. The van der Waals surface area contributed by atoms with Crippen molar-refractivity contribution in [1.82, 2.24) is 0 Å². The van der Waals surface area contributed by atoms with E-state index >= 15 is 0 Å². The Morgan fingerprint density at radius 1 is 1.17 bits per heavy atom. The summed E-state index contributed by atoms with van der Waals surface area (Å²) in [5.41, 5.74) is 2.35. The predicted molar refractivity (Wildman–Crippen MR) is 78.5 cm³/mol. The van der Waals surface area contributed by atoms with Gasteiger partial charge >= 0.3 is 0 Å². The van der Waals surface area contributed by atoms with E-state index in [1.54, 1.807) is 0 Å². The standard InChI is InChI=1S/C16H20OS/c1-4-16(5-2,15-7-6-10-18-15)13-8-9-14(17)12(3)11-13/h6-11,17H,4-5H2,1-3H3. The van der Waals surface area contributed by atoms with E-state index < -0.39 is 0 Å². The van der Waals surface area contributed by atoms with Gasteiger partial charge in [0.15, 0.2) is 0 Å². The van der Waals surface area contributed by atoms with E-state index in [2.05, 4.69) is 43.5 Å². The quantitative estimate of drug-likeness (QED) is 0.831. The van der Waals surface area contributed by atoms with Gasteiger partial charge in [-0.05, 0) is 48.4 Å². The van der Waals surface area contributed by atoms with Crippen LogP contribution < -0.4 is 0 Å². The number of aryl methyl sites for hydroxylation is 1. The second-order valence-corrected chi connectivity index (χ2v) is 5.72. The highest BCUT2D eigenvalue weighted by Gasteiger charge is 2.31. The lowest BCUT2D eigenvalue weighted by Gasteiger charge is -2.32. The van der Waals surface area contributed by atoms with E-state index in [0.29, 0.717) is 5.75 Å². The van der Waals surface area contributed by atoms with E-state index in [1.807, 2.05) is 24.3 Å². The van der Waals surface area contributed by atoms with Gasteiger partial charge < -0.3 is 5.11 Å². The van der Waals surface area contributed by atoms with Crippen LogP contribution in [0.2, 0.25) is 0 Å². The second kappa shape index (κ2) is 5.15. The Hall–Kier alpha value is -1.28. The Labute approximate surface area is 113 Å². The smallest absolute Gasteiger partial charge is 0.118 e. The van der Waals surface area contributed by atoms with Crippen LogP contribution in [0.3, 0.4) is 0 Å². The molecule has 0 saturated heterocycles. The van der Waals surface area contributed by atoms with Crippen molar-refractivity contribution in [3.8, 4) is 5.75 Å². The first-order valence-electron chi connectivity index (χ1n) is 6.48. The monoisotopic (exact) mass is 260 g/mol. The average Bonchev–Trinajstić information content (AvgIpc) is 2.90. The number of hydrogen-bond acceptors (Lipinski definition) is 2.